The zero-order valence-corrected chi connectivity index (χ0v) is 13.9. The first-order valence-electron chi connectivity index (χ1n) is 8.76. The molecule has 0 heterocycles. The van der Waals surface area contributed by atoms with Gasteiger partial charge in [0.25, 0.3) is 0 Å². The van der Waals surface area contributed by atoms with E-state index in [1.165, 1.54) is 18.6 Å². The molecule has 2 aliphatic carbocycles. The maximum Gasteiger partial charge on any atom is 0.573 e. The third-order valence-electron chi connectivity index (χ3n) is 4.95. The number of ether oxygens (including phenoxy) is 3. The Morgan fingerprint density at radius 1 is 0.920 bits per heavy atom. The predicted octanol–water partition coefficient (Wildman–Crippen LogP) is 5.47. The fourth-order valence-corrected chi connectivity index (χ4v) is 2.94. The van der Waals surface area contributed by atoms with Crippen molar-refractivity contribution in [1.82, 2.24) is 0 Å². The fourth-order valence-electron chi connectivity index (χ4n) is 2.94. The molecule has 0 spiro atoms. The van der Waals surface area contributed by atoms with Crippen LogP contribution in [0.15, 0.2) is 12.1 Å². The number of hydrogen-bond acceptors (Lipinski definition) is 3. The van der Waals surface area contributed by atoms with Gasteiger partial charge >= 0.3 is 6.36 Å². The maximum absolute atomic E-state index is 14.5. The molecule has 0 bridgehead atoms. The van der Waals surface area contributed by atoms with E-state index >= 15 is 0 Å². The molecule has 2 aliphatic rings. The number of rotatable bonds is 8. The zero-order valence-electron chi connectivity index (χ0n) is 13.9. The first-order valence-corrected chi connectivity index (χ1v) is 8.76. The summed E-state index contributed by atoms with van der Waals surface area (Å²) in [6, 6.07) is 2.58. The van der Waals surface area contributed by atoms with Gasteiger partial charge in [-0.1, -0.05) is 25.7 Å². The van der Waals surface area contributed by atoms with E-state index in [0.717, 1.165) is 38.5 Å². The summed E-state index contributed by atoms with van der Waals surface area (Å²) in [5, 5.41) is 0. The SMILES string of the molecule is Fc1c(OCC2CCC2)ccc(OCCC2CCC2)c1OC(F)(F)F. The maximum atomic E-state index is 14.5. The molecule has 3 rings (SSSR count). The summed E-state index contributed by atoms with van der Waals surface area (Å²) in [5.74, 6) is -1.72. The number of benzene rings is 1. The standard InChI is InChI=1S/C18H22F4O3/c19-16-14(24-11-13-5-2-6-13)7-8-15(17(16)25-18(20,21)22)23-10-9-12-3-1-4-12/h7-8,12-13H,1-6,9-11H2. The van der Waals surface area contributed by atoms with Crippen LogP contribution in [0.25, 0.3) is 0 Å². The lowest BCUT2D eigenvalue weighted by Gasteiger charge is -2.26. The second-order valence-corrected chi connectivity index (χ2v) is 6.79. The minimum Gasteiger partial charge on any atom is -0.490 e. The molecule has 1 aromatic carbocycles. The van der Waals surface area contributed by atoms with Crippen LogP contribution in [0.2, 0.25) is 0 Å². The number of hydrogen-bond donors (Lipinski definition) is 0. The van der Waals surface area contributed by atoms with Crippen molar-refractivity contribution in [2.45, 2.75) is 51.3 Å². The molecule has 140 valence electrons. The molecule has 2 fully saturated rings. The Morgan fingerprint density at radius 2 is 1.56 bits per heavy atom. The van der Waals surface area contributed by atoms with Crippen LogP contribution >= 0.6 is 0 Å². The van der Waals surface area contributed by atoms with Crippen LogP contribution in [0.1, 0.15) is 44.9 Å². The van der Waals surface area contributed by atoms with Crippen LogP contribution in [0, 0.1) is 17.7 Å². The van der Waals surface area contributed by atoms with Gasteiger partial charge in [0, 0.05) is 0 Å². The highest BCUT2D eigenvalue weighted by molar-refractivity contribution is 5.47. The van der Waals surface area contributed by atoms with Gasteiger partial charge in [-0.2, -0.15) is 4.39 Å². The molecule has 0 amide bonds. The normalized spacial score (nSPS) is 18.4. The van der Waals surface area contributed by atoms with Crippen molar-refractivity contribution in [3.05, 3.63) is 17.9 Å². The van der Waals surface area contributed by atoms with E-state index in [9.17, 15) is 17.6 Å². The van der Waals surface area contributed by atoms with Gasteiger partial charge in [0.1, 0.15) is 0 Å². The minimum atomic E-state index is -5.00. The highest BCUT2D eigenvalue weighted by Gasteiger charge is 2.35. The zero-order chi connectivity index (χ0) is 17.9. The molecule has 25 heavy (non-hydrogen) atoms. The van der Waals surface area contributed by atoms with Crippen molar-refractivity contribution >= 4 is 0 Å². The Kier molecular flexibility index (Phi) is 5.59. The molecule has 2 saturated carbocycles. The summed E-state index contributed by atoms with van der Waals surface area (Å²) in [4.78, 5) is 0. The third-order valence-corrected chi connectivity index (χ3v) is 4.95. The fraction of sp³-hybridized carbons (Fsp3) is 0.667. The first kappa shape index (κ1) is 18.1. The average Bonchev–Trinajstić information content (AvgIpc) is 2.44. The van der Waals surface area contributed by atoms with Crippen LogP contribution in [-0.2, 0) is 0 Å². The van der Waals surface area contributed by atoms with Gasteiger partial charge in [-0.05, 0) is 43.2 Å². The van der Waals surface area contributed by atoms with Gasteiger partial charge in [0.05, 0.1) is 13.2 Å². The molecule has 0 radical (unpaired) electrons. The number of alkyl halides is 3. The van der Waals surface area contributed by atoms with Gasteiger partial charge in [0.2, 0.25) is 11.6 Å². The summed E-state index contributed by atoms with van der Waals surface area (Å²) >= 11 is 0. The molecular formula is C18H22F4O3. The van der Waals surface area contributed by atoms with Crippen molar-refractivity contribution in [3.63, 3.8) is 0 Å². The lowest BCUT2D eigenvalue weighted by Crippen LogP contribution is -2.21. The van der Waals surface area contributed by atoms with Gasteiger partial charge in [-0.15, -0.1) is 13.2 Å². The summed E-state index contributed by atoms with van der Waals surface area (Å²) in [7, 11) is 0. The summed E-state index contributed by atoms with van der Waals surface area (Å²) in [5.41, 5.74) is 0. The largest absolute Gasteiger partial charge is 0.573 e. The highest BCUT2D eigenvalue weighted by Crippen LogP contribution is 2.40. The van der Waals surface area contributed by atoms with Crippen molar-refractivity contribution in [2.24, 2.45) is 11.8 Å². The van der Waals surface area contributed by atoms with Crippen molar-refractivity contribution in [3.8, 4) is 17.2 Å². The van der Waals surface area contributed by atoms with E-state index < -0.39 is 17.9 Å². The molecule has 0 saturated heterocycles. The van der Waals surface area contributed by atoms with Gasteiger partial charge in [-0.25, -0.2) is 0 Å². The topological polar surface area (TPSA) is 27.7 Å². The quantitative estimate of drug-likeness (QED) is 0.574. The van der Waals surface area contributed by atoms with Crippen LogP contribution in [0.5, 0.6) is 17.2 Å². The van der Waals surface area contributed by atoms with E-state index in [0.29, 0.717) is 18.4 Å². The highest BCUT2D eigenvalue weighted by atomic mass is 19.4. The average molecular weight is 362 g/mol. The van der Waals surface area contributed by atoms with Crippen molar-refractivity contribution in [2.75, 3.05) is 13.2 Å². The summed E-state index contributed by atoms with van der Waals surface area (Å²) < 4.78 is 67.0. The van der Waals surface area contributed by atoms with Gasteiger partial charge < -0.3 is 14.2 Å². The molecule has 0 N–H and O–H groups in total. The predicted molar refractivity (Wildman–Crippen MR) is 83.4 cm³/mol. The summed E-state index contributed by atoms with van der Waals surface area (Å²) in [6.45, 7) is 0.533. The smallest absolute Gasteiger partial charge is 0.490 e. The van der Waals surface area contributed by atoms with Crippen LogP contribution in [0.4, 0.5) is 17.6 Å². The Balaban J connectivity index is 1.68. The number of halogens is 4. The molecule has 7 heteroatoms. The van der Waals surface area contributed by atoms with Gasteiger partial charge in [-0.3, -0.25) is 0 Å². The second-order valence-electron chi connectivity index (χ2n) is 6.79. The van der Waals surface area contributed by atoms with Crippen molar-refractivity contribution in [1.29, 1.82) is 0 Å². The molecular weight excluding hydrogens is 340 g/mol. The van der Waals surface area contributed by atoms with Crippen LogP contribution in [0.3, 0.4) is 0 Å². The van der Waals surface area contributed by atoms with E-state index in [4.69, 9.17) is 9.47 Å². The first-order chi connectivity index (χ1) is 11.9. The van der Waals surface area contributed by atoms with E-state index in [1.807, 2.05) is 0 Å². The van der Waals surface area contributed by atoms with E-state index in [-0.39, 0.29) is 18.1 Å². The molecule has 0 aromatic heterocycles. The van der Waals surface area contributed by atoms with Gasteiger partial charge in [0.15, 0.2) is 11.5 Å². The Hall–Kier alpha value is -1.66. The Morgan fingerprint density at radius 3 is 2.12 bits per heavy atom. The lowest BCUT2D eigenvalue weighted by atomic mass is 9.83. The minimum absolute atomic E-state index is 0.237. The van der Waals surface area contributed by atoms with Crippen molar-refractivity contribution < 1.29 is 31.8 Å². The van der Waals surface area contributed by atoms with Crippen LogP contribution in [-0.4, -0.2) is 19.6 Å². The van der Waals surface area contributed by atoms with Crippen LogP contribution < -0.4 is 14.2 Å². The lowest BCUT2D eigenvalue weighted by molar-refractivity contribution is -0.276. The van der Waals surface area contributed by atoms with E-state index in [1.54, 1.807) is 0 Å². The molecule has 0 atom stereocenters. The Bertz CT molecular complexity index is 580. The Labute approximate surface area is 144 Å². The molecule has 3 nitrogen and oxygen atoms in total. The monoisotopic (exact) mass is 362 g/mol. The van der Waals surface area contributed by atoms with E-state index in [2.05, 4.69) is 4.74 Å². The molecule has 1 aromatic rings. The summed E-state index contributed by atoms with van der Waals surface area (Å²) in [6.07, 6.45) is 2.23. The third kappa shape index (κ3) is 4.92. The molecule has 0 aliphatic heterocycles. The molecule has 0 unspecified atom stereocenters. The second kappa shape index (κ2) is 7.70.